The van der Waals surface area contributed by atoms with E-state index in [2.05, 4.69) is 72.3 Å². The summed E-state index contributed by atoms with van der Waals surface area (Å²) in [6.07, 6.45) is 2.28. The van der Waals surface area contributed by atoms with Crippen LogP contribution in [0.1, 0.15) is 12.5 Å². The van der Waals surface area contributed by atoms with Crippen molar-refractivity contribution in [3.63, 3.8) is 0 Å². The highest BCUT2D eigenvalue weighted by Gasteiger charge is 2.07. The Kier molecular flexibility index (Phi) is 3.60. The molecule has 1 heterocycles. The molecule has 0 bridgehead atoms. The SMILES string of the molecule is CCn1cc(SCc2ccccc2)c2ccccc21. The van der Waals surface area contributed by atoms with Crippen molar-refractivity contribution in [3.8, 4) is 0 Å². The van der Waals surface area contributed by atoms with E-state index < -0.39 is 0 Å². The van der Waals surface area contributed by atoms with Crippen LogP contribution in [0.15, 0.2) is 65.7 Å². The van der Waals surface area contributed by atoms with E-state index >= 15 is 0 Å². The van der Waals surface area contributed by atoms with Gasteiger partial charge in [-0.2, -0.15) is 0 Å². The first-order valence-corrected chi connectivity index (χ1v) is 7.61. The zero-order valence-corrected chi connectivity index (χ0v) is 11.9. The van der Waals surface area contributed by atoms with Gasteiger partial charge in [0.25, 0.3) is 0 Å². The van der Waals surface area contributed by atoms with Gasteiger partial charge in [0.1, 0.15) is 0 Å². The molecule has 3 rings (SSSR count). The third-order valence-electron chi connectivity index (χ3n) is 3.33. The van der Waals surface area contributed by atoms with Crippen LogP contribution in [0.4, 0.5) is 0 Å². The van der Waals surface area contributed by atoms with Crippen LogP contribution in [-0.4, -0.2) is 4.57 Å². The Balaban J connectivity index is 1.89. The summed E-state index contributed by atoms with van der Waals surface area (Å²) in [4.78, 5) is 1.38. The standard InChI is InChI=1S/C17H17NS/c1-2-18-12-17(15-10-6-7-11-16(15)18)19-13-14-8-4-3-5-9-14/h3-12H,2,13H2,1H3. The lowest BCUT2D eigenvalue weighted by Gasteiger charge is -2.00. The van der Waals surface area contributed by atoms with E-state index in [1.54, 1.807) is 0 Å². The van der Waals surface area contributed by atoms with Gasteiger partial charge >= 0.3 is 0 Å². The number of hydrogen-bond acceptors (Lipinski definition) is 1. The van der Waals surface area contributed by atoms with Crippen molar-refractivity contribution in [3.05, 3.63) is 66.4 Å². The fourth-order valence-corrected chi connectivity index (χ4v) is 3.37. The smallest absolute Gasteiger partial charge is 0.0491 e. The predicted octanol–water partition coefficient (Wildman–Crippen LogP) is 4.95. The third kappa shape index (κ3) is 2.54. The largest absolute Gasteiger partial charge is 0.347 e. The van der Waals surface area contributed by atoms with Gasteiger partial charge in [-0.3, -0.25) is 0 Å². The molecule has 0 N–H and O–H groups in total. The summed E-state index contributed by atoms with van der Waals surface area (Å²) >= 11 is 1.92. The van der Waals surface area contributed by atoms with Crippen LogP contribution in [0.3, 0.4) is 0 Å². The lowest BCUT2D eigenvalue weighted by Crippen LogP contribution is -1.89. The van der Waals surface area contributed by atoms with E-state index in [4.69, 9.17) is 0 Å². The quantitative estimate of drug-likeness (QED) is 0.605. The van der Waals surface area contributed by atoms with Crippen molar-refractivity contribution < 1.29 is 0 Å². The van der Waals surface area contributed by atoms with Gasteiger partial charge in [0.15, 0.2) is 0 Å². The summed E-state index contributed by atoms with van der Waals surface area (Å²) in [5.41, 5.74) is 2.71. The molecule has 0 atom stereocenters. The summed E-state index contributed by atoms with van der Waals surface area (Å²) in [5, 5.41) is 1.37. The van der Waals surface area contributed by atoms with Crippen LogP contribution in [0.5, 0.6) is 0 Å². The van der Waals surface area contributed by atoms with Crippen LogP contribution in [0.25, 0.3) is 10.9 Å². The maximum atomic E-state index is 2.32. The molecule has 1 aromatic heterocycles. The maximum absolute atomic E-state index is 2.32. The molecule has 2 heteroatoms. The van der Waals surface area contributed by atoms with Gasteiger partial charge in [0.2, 0.25) is 0 Å². The second-order valence-electron chi connectivity index (χ2n) is 4.57. The zero-order chi connectivity index (χ0) is 13.1. The number of nitrogens with zero attached hydrogens (tertiary/aromatic N) is 1. The summed E-state index contributed by atoms with van der Waals surface area (Å²) in [5.74, 6) is 1.03. The fourth-order valence-electron chi connectivity index (χ4n) is 2.33. The molecule has 0 saturated heterocycles. The first-order valence-electron chi connectivity index (χ1n) is 6.63. The first kappa shape index (κ1) is 12.4. The summed E-state index contributed by atoms with van der Waals surface area (Å²) < 4.78 is 2.32. The molecule has 0 aliphatic rings. The number of aromatic nitrogens is 1. The average Bonchev–Trinajstić information content (AvgIpc) is 2.84. The van der Waals surface area contributed by atoms with E-state index in [0.29, 0.717) is 0 Å². The number of fused-ring (bicyclic) bond motifs is 1. The lowest BCUT2D eigenvalue weighted by molar-refractivity contribution is 0.792. The number of rotatable bonds is 4. The Labute approximate surface area is 118 Å². The molecule has 0 saturated carbocycles. The number of benzene rings is 2. The van der Waals surface area contributed by atoms with Crippen molar-refractivity contribution >= 4 is 22.7 Å². The average molecular weight is 267 g/mol. The van der Waals surface area contributed by atoms with E-state index in [1.165, 1.54) is 21.4 Å². The highest BCUT2D eigenvalue weighted by atomic mass is 32.2. The topological polar surface area (TPSA) is 4.93 Å². The number of aryl methyl sites for hydroxylation is 1. The monoisotopic (exact) mass is 267 g/mol. The van der Waals surface area contributed by atoms with Crippen LogP contribution < -0.4 is 0 Å². The van der Waals surface area contributed by atoms with Crippen LogP contribution in [-0.2, 0) is 12.3 Å². The van der Waals surface area contributed by atoms with Gasteiger partial charge in [-0.1, -0.05) is 48.5 Å². The van der Waals surface area contributed by atoms with Gasteiger partial charge in [0, 0.05) is 34.3 Å². The molecular weight excluding hydrogens is 250 g/mol. The van der Waals surface area contributed by atoms with Gasteiger partial charge in [-0.15, -0.1) is 11.8 Å². The highest BCUT2D eigenvalue weighted by molar-refractivity contribution is 7.98. The Morgan fingerprint density at radius 1 is 0.947 bits per heavy atom. The number of para-hydroxylation sites is 1. The minimum Gasteiger partial charge on any atom is -0.347 e. The number of thioether (sulfide) groups is 1. The summed E-state index contributed by atoms with van der Waals surface area (Å²) in [7, 11) is 0. The molecule has 0 amide bonds. The van der Waals surface area contributed by atoms with Crippen molar-refractivity contribution in [2.75, 3.05) is 0 Å². The molecule has 19 heavy (non-hydrogen) atoms. The third-order valence-corrected chi connectivity index (χ3v) is 4.44. The van der Waals surface area contributed by atoms with Crippen molar-refractivity contribution in [2.24, 2.45) is 0 Å². The predicted molar refractivity (Wildman–Crippen MR) is 83.6 cm³/mol. The lowest BCUT2D eigenvalue weighted by atomic mass is 10.2. The van der Waals surface area contributed by atoms with Crippen molar-refractivity contribution in [1.82, 2.24) is 4.57 Å². The second-order valence-corrected chi connectivity index (χ2v) is 5.59. The molecule has 0 radical (unpaired) electrons. The van der Waals surface area contributed by atoms with Crippen molar-refractivity contribution in [2.45, 2.75) is 24.1 Å². The Hall–Kier alpha value is -1.67. The van der Waals surface area contributed by atoms with E-state index in [-0.39, 0.29) is 0 Å². The minimum absolute atomic E-state index is 1.02. The van der Waals surface area contributed by atoms with Crippen LogP contribution in [0, 0.1) is 0 Å². The van der Waals surface area contributed by atoms with Gasteiger partial charge in [-0.25, -0.2) is 0 Å². The maximum Gasteiger partial charge on any atom is 0.0491 e. The van der Waals surface area contributed by atoms with Crippen LogP contribution in [0.2, 0.25) is 0 Å². The molecule has 0 fully saturated rings. The molecular formula is C17H17NS. The fraction of sp³-hybridized carbons (Fsp3) is 0.176. The highest BCUT2D eigenvalue weighted by Crippen LogP contribution is 2.31. The molecule has 0 spiro atoms. The summed E-state index contributed by atoms with van der Waals surface area (Å²) in [6, 6.07) is 19.3. The van der Waals surface area contributed by atoms with E-state index in [0.717, 1.165) is 12.3 Å². The van der Waals surface area contributed by atoms with Crippen molar-refractivity contribution in [1.29, 1.82) is 0 Å². The normalized spacial score (nSPS) is 11.0. The molecule has 3 aromatic rings. The Morgan fingerprint density at radius 2 is 1.68 bits per heavy atom. The zero-order valence-electron chi connectivity index (χ0n) is 11.0. The Morgan fingerprint density at radius 3 is 2.47 bits per heavy atom. The summed E-state index contributed by atoms with van der Waals surface area (Å²) in [6.45, 7) is 3.21. The van der Waals surface area contributed by atoms with E-state index in [9.17, 15) is 0 Å². The minimum atomic E-state index is 1.02. The van der Waals surface area contributed by atoms with Gasteiger partial charge < -0.3 is 4.57 Å². The Bertz CT molecular complexity index is 670. The van der Waals surface area contributed by atoms with E-state index in [1.807, 2.05) is 11.8 Å². The van der Waals surface area contributed by atoms with Gasteiger partial charge in [0.05, 0.1) is 0 Å². The molecule has 0 unspecified atom stereocenters. The molecule has 2 aromatic carbocycles. The van der Waals surface area contributed by atoms with Crippen LogP contribution >= 0.6 is 11.8 Å². The first-order chi connectivity index (χ1) is 9.38. The number of hydrogen-bond donors (Lipinski definition) is 0. The van der Waals surface area contributed by atoms with Gasteiger partial charge in [-0.05, 0) is 18.6 Å². The second kappa shape index (κ2) is 5.54. The molecule has 1 nitrogen and oxygen atoms in total. The molecule has 0 aliphatic heterocycles. The molecule has 0 aliphatic carbocycles. The molecule has 96 valence electrons.